The summed E-state index contributed by atoms with van der Waals surface area (Å²) in [5, 5.41) is 10.1. The first-order chi connectivity index (χ1) is 18.9. The van der Waals surface area contributed by atoms with Crippen LogP contribution in [0.1, 0.15) is 56.0 Å². The molecule has 10 heteroatoms. The van der Waals surface area contributed by atoms with Crippen molar-refractivity contribution >= 4 is 21.6 Å². The first kappa shape index (κ1) is 31.9. The number of nitrogens with one attached hydrogen (secondary N) is 1. The Morgan fingerprint density at radius 2 is 1.82 bits per heavy atom. The Morgan fingerprint density at radius 1 is 1.12 bits per heavy atom. The van der Waals surface area contributed by atoms with Gasteiger partial charge in [-0.3, -0.25) is 9.52 Å². The molecule has 9 nitrogen and oxygen atoms in total. The quantitative estimate of drug-likeness (QED) is 0.511. The van der Waals surface area contributed by atoms with Crippen molar-refractivity contribution in [3.63, 3.8) is 0 Å². The van der Waals surface area contributed by atoms with Crippen LogP contribution in [0.15, 0.2) is 47.4 Å². The number of rotatable bonds is 7. The van der Waals surface area contributed by atoms with Gasteiger partial charge >= 0.3 is 0 Å². The van der Waals surface area contributed by atoms with E-state index in [2.05, 4.69) is 16.5 Å². The average molecular weight is 576 g/mol. The Morgan fingerprint density at radius 3 is 2.48 bits per heavy atom. The van der Waals surface area contributed by atoms with Crippen molar-refractivity contribution in [1.82, 2.24) is 9.80 Å². The second-order valence-corrected chi connectivity index (χ2v) is 12.9. The average Bonchev–Trinajstić information content (AvgIpc) is 2.90. The lowest BCUT2D eigenvalue weighted by atomic mass is 10.0. The topological polar surface area (TPSA) is 108 Å². The summed E-state index contributed by atoms with van der Waals surface area (Å²) < 4.78 is 41.3. The third-order valence-corrected chi connectivity index (χ3v) is 8.58. The second-order valence-electron chi connectivity index (χ2n) is 11.2. The molecule has 0 saturated heterocycles. The fourth-order valence-electron chi connectivity index (χ4n) is 4.74. The molecule has 1 aliphatic rings. The molecule has 0 saturated carbocycles. The number of likely N-dealkylation sites (N-methyl/N-ethyl adjacent to an activating group) is 1. The van der Waals surface area contributed by atoms with Gasteiger partial charge in [0.2, 0.25) is 0 Å². The molecule has 1 amide bonds. The summed E-state index contributed by atoms with van der Waals surface area (Å²) in [5.74, 6) is 0.0270. The third kappa shape index (κ3) is 8.67. The lowest BCUT2D eigenvalue weighted by Gasteiger charge is -2.35. The van der Waals surface area contributed by atoms with Crippen molar-refractivity contribution < 1.29 is 27.8 Å². The SMILES string of the molecule is Cc1ccc(S(=O)(=O)Nc2ccc3c(c2)C(=O)N([C@H](C)CO)C[C@H](C)[C@@H](CN(C)C)OCCCC[C@H](C)O3)cc1. The maximum atomic E-state index is 14.1. The van der Waals surface area contributed by atoms with E-state index in [0.29, 0.717) is 25.4 Å². The number of amides is 1. The summed E-state index contributed by atoms with van der Waals surface area (Å²) >= 11 is 0. The first-order valence-electron chi connectivity index (χ1n) is 14.0. The van der Waals surface area contributed by atoms with Crippen molar-refractivity contribution in [3.8, 4) is 5.75 Å². The van der Waals surface area contributed by atoms with Crippen LogP contribution in [0.4, 0.5) is 5.69 Å². The standard InChI is InChI=1S/C30H45N3O6S/c1-21-10-13-26(14-11-21)40(36,37)31-25-12-15-28-27(17-25)30(35)33(23(3)20-34)18-22(2)29(19-32(5)6)38-16-8-7-9-24(4)39-28/h10-15,17,22-24,29,31,34H,7-9,16,18-20H2,1-6H3/t22-,23+,24-,29+/m0/s1. The van der Waals surface area contributed by atoms with Gasteiger partial charge in [-0.1, -0.05) is 24.6 Å². The highest BCUT2D eigenvalue weighted by atomic mass is 32.2. The number of ether oxygens (including phenoxy) is 2. The minimum Gasteiger partial charge on any atom is -0.490 e. The molecule has 0 bridgehead atoms. The van der Waals surface area contributed by atoms with E-state index in [0.717, 1.165) is 24.8 Å². The van der Waals surface area contributed by atoms with Gasteiger partial charge in [0.25, 0.3) is 15.9 Å². The maximum Gasteiger partial charge on any atom is 0.261 e. The van der Waals surface area contributed by atoms with Crippen molar-refractivity contribution in [1.29, 1.82) is 0 Å². The number of aryl methyl sites for hydroxylation is 1. The predicted molar refractivity (Wildman–Crippen MR) is 157 cm³/mol. The highest BCUT2D eigenvalue weighted by Crippen LogP contribution is 2.29. The fourth-order valence-corrected chi connectivity index (χ4v) is 5.79. The monoisotopic (exact) mass is 575 g/mol. The van der Waals surface area contributed by atoms with E-state index in [4.69, 9.17) is 9.47 Å². The van der Waals surface area contributed by atoms with Crippen molar-refractivity contribution in [2.24, 2.45) is 5.92 Å². The van der Waals surface area contributed by atoms with Gasteiger partial charge in [0, 0.05) is 31.3 Å². The van der Waals surface area contributed by atoms with Crippen LogP contribution in [0.25, 0.3) is 0 Å². The van der Waals surface area contributed by atoms with Gasteiger partial charge in [-0.15, -0.1) is 0 Å². The van der Waals surface area contributed by atoms with E-state index in [1.54, 1.807) is 48.2 Å². The Balaban J connectivity index is 2.02. The van der Waals surface area contributed by atoms with Gasteiger partial charge in [0.1, 0.15) is 5.75 Å². The van der Waals surface area contributed by atoms with Crippen molar-refractivity contribution in [3.05, 3.63) is 53.6 Å². The number of anilines is 1. The minimum atomic E-state index is -3.87. The molecule has 1 heterocycles. The smallest absolute Gasteiger partial charge is 0.261 e. The predicted octanol–water partition coefficient (Wildman–Crippen LogP) is 4.15. The summed E-state index contributed by atoms with van der Waals surface area (Å²) in [7, 11) is 0.118. The summed E-state index contributed by atoms with van der Waals surface area (Å²) in [6, 6.07) is 10.9. The van der Waals surface area contributed by atoms with E-state index in [-0.39, 0.29) is 46.8 Å². The van der Waals surface area contributed by atoms with Gasteiger partial charge in [-0.2, -0.15) is 0 Å². The number of benzene rings is 2. The number of hydrogen-bond acceptors (Lipinski definition) is 7. The molecular formula is C30H45N3O6S. The van der Waals surface area contributed by atoms with Crippen LogP contribution in [0.2, 0.25) is 0 Å². The molecular weight excluding hydrogens is 530 g/mol. The van der Waals surface area contributed by atoms with Crippen LogP contribution in [0, 0.1) is 12.8 Å². The van der Waals surface area contributed by atoms with E-state index in [1.807, 2.05) is 27.9 Å². The Kier molecular flexibility index (Phi) is 11.4. The van der Waals surface area contributed by atoms with Crippen LogP contribution >= 0.6 is 0 Å². The number of hydrogen-bond donors (Lipinski definition) is 2. The lowest BCUT2D eigenvalue weighted by Crippen LogP contribution is -2.47. The van der Waals surface area contributed by atoms with Gasteiger partial charge in [0.15, 0.2) is 0 Å². The highest BCUT2D eigenvalue weighted by molar-refractivity contribution is 7.92. The molecule has 0 aliphatic carbocycles. The van der Waals surface area contributed by atoms with Crippen LogP contribution in [-0.2, 0) is 14.8 Å². The van der Waals surface area contributed by atoms with E-state index >= 15 is 0 Å². The van der Waals surface area contributed by atoms with Gasteiger partial charge in [-0.05, 0) is 84.5 Å². The fraction of sp³-hybridized carbons (Fsp3) is 0.567. The van der Waals surface area contributed by atoms with Gasteiger partial charge in [-0.25, -0.2) is 8.42 Å². The summed E-state index contributed by atoms with van der Waals surface area (Å²) in [6.45, 7) is 9.16. The molecule has 1 aliphatic heterocycles. The molecule has 2 aromatic carbocycles. The normalized spacial score (nSPS) is 22.2. The number of aliphatic hydroxyl groups is 1. The molecule has 0 fully saturated rings. The molecule has 4 atom stereocenters. The number of carbonyl (C=O) groups excluding carboxylic acids is 1. The lowest BCUT2D eigenvalue weighted by molar-refractivity contribution is -0.0137. The molecule has 0 radical (unpaired) electrons. The zero-order valence-corrected chi connectivity index (χ0v) is 25.4. The molecule has 0 unspecified atom stereocenters. The zero-order valence-electron chi connectivity index (χ0n) is 24.6. The maximum absolute atomic E-state index is 14.1. The van der Waals surface area contributed by atoms with E-state index in [1.165, 1.54) is 6.07 Å². The van der Waals surface area contributed by atoms with E-state index < -0.39 is 16.1 Å². The van der Waals surface area contributed by atoms with Gasteiger partial charge < -0.3 is 24.4 Å². The summed E-state index contributed by atoms with van der Waals surface area (Å²) in [4.78, 5) is 18.0. The molecule has 222 valence electrons. The molecule has 40 heavy (non-hydrogen) atoms. The molecule has 0 aromatic heterocycles. The number of nitrogens with zero attached hydrogens (tertiary/aromatic N) is 2. The van der Waals surface area contributed by atoms with Crippen molar-refractivity contribution in [2.75, 3.05) is 45.1 Å². The first-order valence-corrected chi connectivity index (χ1v) is 15.5. The Hall–Kier alpha value is -2.66. The number of fused-ring (bicyclic) bond motifs is 1. The van der Waals surface area contributed by atoms with Crippen LogP contribution in [0.5, 0.6) is 5.75 Å². The number of carbonyl (C=O) groups is 1. The zero-order chi connectivity index (χ0) is 29.4. The summed E-state index contributed by atoms with van der Waals surface area (Å²) in [5.41, 5.74) is 1.45. The van der Waals surface area contributed by atoms with Crippen LogP contribution in [-0.4, -0.2) is 87.9 Å². The second kappa shape index (κ2) is 14.3. The van der Waals surface area contributed by atoms with Gasteiger partial charge in [0.05, 0.1) is 35.3 Å². The Bertz CT molecular complexity index is 1220. The number of aliphatic hydroxyl groups excluding tert-OH is 1. The third-order valence-electron chi connectivity index (χ3n) is 7.18. The van der Waals surface area contributed by atoms with E-state index in [9.17, 15) is 18.3 Å². The minimum absolute atomic E-state index is 0.0187. The molecule has 3 rings (SSSR count). The Labute approximate surface area is 239 Å². The summed E-state index contributed by atoms with van der Waals surface area (Å²) in [6.07, 6.45) is 2.33. The largest absolute Gasteiger partial charge is 0.490 e. The van der Waals surface area contributed by atoms with Crippen LogP contribution in [0.3, 0.4) is 0 Å². The molecule has 2 N–H and O–H groups in total. The molecule has 2 aromatic rings. The molecule has 0 spiro atoms. The highest BCUT2D eigenvalue weighted by Gasteiger charge is 2.30. The van der Waals surface area contributed by atoms with Crippen LogP contribution < -0.4 is 9.46 Å². The number of sulfonamides is 1. The van der Waals surface area contributed by atoms with Crippen molar-refractivity contribution in [2.45, 2.75) is 70.1 Å².